The maximum absolute atomic E-state index is 12.2. The van der Waals surface area contributed by atoms with Crippen LogP contribution >= 0.6 is 0 Å². The maximum atomic E-state index is 12.2. The first kappa shape index (κ1) is 14.1. The highest BCUT2D eigenvalue weighted by Gasteiger charge is 2.34. The number of carboxylic acids is 1. The van der Waals surface area contributed by atoms with Crippen LogP contribution in [0.15, 0.2) is 0 Å². The molecule has 0 spiro atoms. The van der Waals surface area contributed by atoms with E-state index < -0.39 is 5.97 Å². The zero-order chi connectivity index (χ0) is 13.8. The van der Waals surface area contributed by atoms with Crippen LogP contribution in [0.1, 0.15) is 26.2 Å². The summed E-state index contributed by atoms with van der Waals surface area (Å²) in [4.78, 5) is 26.3. The molecule has 0 aliphatic carbocycles. The van der Waals surface area contributed by atoms with Crippen LogP contribution in [0.2, 0.25) is 0 Å². The first-order valence-electron chi connectivity index (χ1n) is 6.97. The van der Waals surface area contributed by atoms with Gasteiger partial charge in [0.15, 0.2) is 0 Å². The van der Waals surface area contributed by atoms with Crippen molar-refractivity contribution < 1.29 is 19.4 Å². The van der Waals surface area contributed by atoms with Crippen LogP contribution < -0.4 is 0 Å². The van der Waals surface area contributed by atoms with Gasteiger partial charge in [-0.25, -0.2) is 4.79 Å². The molecule has 2 aliphatic heterocycles. The van der Waals surface area contributed by atoms with Gasteiger partial charge < -0.3 is 19.6 Å². The largest absolute Gasteiger partial charge is 0.481 e. The summed E-state index contributed by atoms with van der Waals surface area (Å²) >= 11 is 0. The smallest absolute Gasteiger partial charge is 0.320 e. The molecule has 1 unspecified atom stereocenters. The van der Waals surface area contributed by atoms with Gasteiger partial charge in [-0.2, -0.15) is 0 Å². The summed E-state index contributed by atoms with van der Waals surface area (Å²) in [5, 5.41) is 8.69. The molecule has 6 nitrogen and oxygen atoms in total. The number of rotatable bonds is 5. The van der Waals surface area contributed by atoms with E-state index in [1.807, 2.05) is 6.92 Å². The molecule has 1 atom stereocenters. The third-order valence-corrected chi connectivity index (χ3v) is 3.79. The zero-order valence-corrected chi connectivity index (χ0v) is 11.4. The molecule has 0 saturated carbocycles. The van der Waals surface area contributed by atoms with Gasteiger partial charge in [-0.05, 0) is 19.8 Å². The van der Waals surface area contributed by atoms with Crippen LogP contribution in [0.4, 0.5) is 4.79 Å². The number of hydrogen-bond acceptors (Lipinski definition) is 3. The first-order chi connectivity index (χ1) is 9.10. The lowest BCUT2D eigenvalue weighted by Crippen LogP contribution is -2.56. The number of carbonyl (C=O) groups excluding carboxylic acids is 1. The molecule has 0 radical (unpaired) electrons. The predicted molar refractivity (Wildman–Crippen MR) is 68.9 cm³/mol. The number of likely N-dealkylation sites (N-methyl/N-ethyl adjacent to an activating group) is 1. The Labute approximate surface area is 113 Å². The van der Waals surface area contributed by atoms with E-state index in [0.717, 1.165) is 19.4 Å². The fraction of sp³-hybridized carbons (Fsp3) is 0.846. The molecule has 2 saturated heterocycles. The third-order valence-electron chi connectivity index (χ3n) is 3.79. The summed E-state index contributed by atoms with van der Waals surface area (Å²) in [6, 6.07) is 0.0136. The van der Waals surface area contributed by atoms with Crippen molar-refractivity contribution >= 4 is 12.0 Å². The zero-order valence-electron chi connectivity index (χ0n) is 11.4. The molecule has 0 aromatic rings. The van der Waals surface area contributed by atoms with E-state index in [9.17, 15) is 9.59 Å². The van der Waals surface area contributed by atoms with Crippen molar-refractivity contribution in [3.05, 3.63) is 0 Å². The molecule has 19 heavy (non-hydrogen) atoms. The lowest BCUT2D eigenvalue weighted by molar-refractivity contribution is -0.139. The molecule has 0 bridgehead atoms. The van der Waals surface area contributed by atoms with Crippen LogP contribution in [0.3, 0.4) is 0 Å². The number of carbonyl (C=O) groups is 2. The van der Waals surface area contributed by atoms with E-state index >= 15 is 0 Å². The monoisotopic (exact) mass is 270 g/mol. The van der Waals surface area contributed by atoms with Crippen molar-refractivity contribution in [3.63, 3.8) is 0 Å². The Bertz CT molecular complexity index is 336. The van der Waals surface area contributed by atoms with Crippen LogP contribution in [0, 0.1) is 5.92 Å². The van der Waals surface area contributed by atoms with Crippen LogP contribution in [0.25, 0.3) is 0 Å². The highest BCUT2D eigenvalue weighted by atomic mass is 16.5. The average Bonchev–Trinajstić information content (AvgIpc) is 2.82. The lowest BCUT2D eigenvalue weighted by atomic mass is 9.97. The second-order valence-corrected chi connectivity index (χ2v) is 5.33. The lowest BCUT2D eigenvalue weighted by Gasteiger charge is -2.41. The predicted octanol–water partition coefficient (Wildman–Crippen LogP) is 1.01. The van der Waals surface area contributed by atoms with Gasteiger partial charge in [0.2, 0.25) is 0 Å². The summed E-state index contributed by atoms with van der Waals surface area (Å²) in [7, 11) is 0. The van der Waals surface area contributed by atoms with Gasteiger partial charge in [0, 0.05) is 38.7 Å². The summed E-state index contributed by atoms with van der Waals surface area (Å²) in [6.45, 7) is 5.19. The molecule has 108 valence electrons. The molecule has 1 N–H and O–H groups in total. The van der Waals surface area contributed by atoms with Gasteiger partial charge >= 0.3 is 12.0 Å². The first-order valence-corrected chi connectivity index (χ1v) is 6.97. The molecule has 6 heteroatoms. The van der Waals surface area contributed by atoms with Gasteiger partial charge in [-0.15, -0.1) is 0 Å². The summed E-state index contributed by atoms with van der Waals surface area (Å²) in [5.74, 6) is -0.674. The number of nitrogens with zero attached hydrogens (tertiary/aromatic N) is 2. The highest BCUT2D eigenvalue weighted by molar-refractivity contribution is 5.76. The Morgan fingerprint density at radius 3 is 2.68 bits per heavy atom. The normalized spacial score (nSPS) is 23.2. The second kappa shape index (κ2) is 6.23. The van der Waals surface area contributed by atoms with Crippen LogP contribution in [0.5, 0.6) is 0 Å². The fourth-order valence-corrected chi connectivity index (χ4v) is 2.68. The Morgan fingerprint density at radius 1 is 1.42 bits per heavy atom. The molecule has 2 amide bonds. The number of hydrogen-bond donors (Lipinski definition) is 1. The molecule has 0 aromatic carbocycles. The molecule has 2 fully saturated rings. The van der Waals surface area contributed by atoms with Gasteiger partial charge in [-0.3, -0.25) is 4.79 Å². The summed E-state index contributed by atoms with van der Waals surface area (Å²) in [6.07, 6.45) is 2.41. The quantitative estimate of drug-likeness (QED) is 0.809. The maximum Gasteiger partial charge on any atom is 0.320 e. The van der Waals surface area contributed by atoms with E-state index in [0.29, 0.717) is 26.2 Å². The highest BCUT2D eigenvalue weighted by Crippen LogP contribution is 2.21. The molecular formula is C13H22N2O4. The minimum absolute atomic E-state index is 0.0136. The Kier molecular flexibility index (Phi) is 4.63. The van der Waals surface area contributed by atoms with Crippen molar-refractivity contribution in [2.75, 3.05) is 32.8 Å². The van der Waals surface area contributed by atoms with E-state index in [-0.39, 0.29) is 24.5 Å². The summed E-state index contributed by atoms with van der Waals surface area (Å²) in [5.41, 5.74) is 0. The van der Waals surface area contributed by atoms with E-state index in [2.05, 4.69) is 0 Å². The Hall–Kier alpha value is -1.30. The molecule has 2 rings (SSSR count). The second-order valence-electron chi connectivity index (χ2n) is 5.33. The molecule has 2 heterocycles. The van der Waals surface area contributed by atoms with Crippen LogP contribution in [-0.4, -0.2) is 65.8 Å². The van der Waals surface area contributed by atoms with Crippen LogP contribution in [-0.2, 0) is 9.53 Å². The summed E-state index contributed by atoms with van der Waals surface area (Å²) < 4.78 is 5.55. The molecular weight excluding hydrogens is 248 g/mol. The molecule has 0 aromatic heterocycles. The van der Waals surface area contributed by atoms with E-state index in [1.54, 1.807) is 9.80 Å². The SMILES string of the molecule is CCN(CC1CCCO1)C(=O)N1CC(CC(=O)O)C1. The fourth-order valence-electron chi connectivity index (χ4n) is 2.68. The van der Waals surface area contributed by atoms with Crippen molar-refractivity contribution in [3.8, 4) is 0 Å². The molecule has 2 aliphatic rings. The van der Waals surface area contributed by atoms with Gasteiger partial charge in [0.1, 0.15) is 0 Å². The van der Waals surface area contributed by atoms with E-state index in [4.69, 9.17) is 9.84 Å². The van der Waals surface area contributed by atoms with Gasteiger partial charge in [0.05, 0.1) is 12.5 Å². The van der Waals surface area contributed by atoms with Gasteiger partial charge in [-0.1, -0.05) is 0 Å². The number of carboxylic acid groups (broad SMARTS) is 1. The minimum Gasteiger partial charge on any atom is -0.481 e. The number of ether oxygens (including phenoxy) is 1. The standard InChI is InChI=1S/C13H22N2O4/c1-2-14(9-11-4-3-5-19-11)13(18)15-7-10(8-15)6-12(16)17/h10-11H,2-9H2,1H3,(H,16,17). The van der Waals surface area contributed by atoms with Crippen molar-refractivity contribution in [1.29, 1.82) is 0 Å². The minimum atomic E-state index is -0.788. The van der Waals surface area contributed by atoms with Crippen molar-refractivity contribution in [2.45, 2.75) is 32.3 Å². The van der Waals surface area contributed by atoms with Gasteiger partial charge in [0.25, 0.3) is 0 Å². The third kappa shape index (κ3) is 3.59. The van der Waals surface area contributed by atoms with Crippen molar-refractivity contribution in [1.82, 2.24) is 9.80 Å². The number of amides is 2. The number of aliphatic carboxylic acids is 1. The topological polar surface area (TPSA) is 70.1 Å². The van der Waals surface area contributed by atoms with E-state index in [1.165, 1.54) is 0 Å². The van der Waals surface area contributed by atoms with Crippen molar-refractivity contribution in [2.24, 2.45) is 5.92 Å². The number of urea groups is 1. The number of likely N-dealkylation sites (tertiary alicyclic amines) is 1. The Balaban J connectivity index is 1.76. The Morgan fingerprint density at radius 2 is 2.16 bits per heavy atom. The average molecular weight is 270 g/mol.